The molecule has 1 aromatic carbocycles. The fourth-order valence-electron chi connectivity index (χ4n) is 2.72. The van der Waals surface area contributed by atoms with Crippen molar-refractivity contribution >= 4 is 11.4 Å². The largest absolute Gasteiger partial charge is 0.386 e. The van der Waals surface area contributed by atoms with Crippen molar-refractivity contribution in [2.75, 3.05) is 18.0 Å². The van der Waals surface area contributed by atoms with Crippen LogP contribution in [0.2, 0.25) is 0 Å². The minimum Gasteiger partial charge on any atom is -0.386 e. The second kappa shape index (κ2) is 3.68. The van der Waals surface area contributed by atoms with Gasteiger partial charge in [-0.25, -0.2) is 0 Å². The maximum Gasteiger partial charge on any atom is 0.271 e. The van der Waals surface area contributed by atoms with E-state index < -0.39 is 5.60 Å². The van der Waals surface area contributed by atoms with E-state index in [-0.39, 0.29) is 10.6 Å². The van der Waals surface area contributed by atoms with Crippen molar-refractivity contribution in [3.63, 3.8) is 0 Å². The zero-order valence-corrected chi connectivity index (χ0v) is 10.3. The predicted molar refractivity (Wildman–Crippen MR) is 67.7 cm³/mol. The van der Waals surface area contributed by atoms with E-state index in [9.17, 15) is 15.2 Å². The summed E-state index contributed by atoms with van der Waals surface area (Å²) in [6.07, 6.45) is 2.22. The number of non-ortho nitro benzene ring substituents is 1. The predicted octanol–water partition coefficient (Wildman–Crippen LogP) is 1.86. The van der Waals surface area contributed by atoms with E-state index >= 15 is 0 Å². The zero-order chi connectivity index (χ0) is 12.9. The number of anilines is 1. The van der Waals surface area contributed by atoms with Crippen LogP contribution in [0.5, 0.6) is 0 Å². The lowest BCUT2D eigenvalue weighted by Gasteiger charge is -2.48. The molecule has 1 heterocycles. The van der Waals surface area contributed by atoms with Gasteiger partial charge in [-0.1, -0.05) is 6.07 Å². The summed E-state index contributed by atoms with van der Waals surface area (Å²) in [5, 5.41) is 21.1. The van der Waals surface area contributed by atoms with Gasteiger partial charge >= 0.3 is 0 Å². The average molecular weight is 248 g/mol. The van der Waals surface area contributed by atoms with Crippen LogP contribution >= 0.6 is 0 Å². The summed E-state index contributed by atoms with van der Waals surface area (Å²) < 4.78 is 0. The number of nitro groups is 1. The topological polar surface area (TPSA) is 66.6 Å². The Labute approximate surface area is 105 Å². The molecule has 0 spiro atoms. The van der Waals surface area contributed by atoms with Gasteiger partial charge in [0.2, 0.25) is 0 Å². The molecule has 1 aliphatic heterocycles. The van der Waals surface area contributed by atoms with Crippen molar-refractivity contribution in [2.24, 2.45) is 5.92 Å². The second-order valence-electron chi connectivity index (χ2n) is 5.46. The number of aryl methyl sites for hydroxylation is 1. The molecule has 5 nitrogen and oxygen atoms in total. The molecule has 1 aromatic rings. The van der Waals surface area contributed by atoms with Gasteiger partial charge in [0.05, 0.1) is 4.92 Å². The Hall–Kier alpha value is -1.62. The molecule has 1 saturated carbocycles. The molecular weight excluding hydrogens is 232 g/mol. The fourth-order valence-corrected chi connectivity index (χ4v) is 2.72. The molecule has 1 N–H and O–H groups in total. The highest BCUT2D eigenvalue weighted by atomic mass is 16.6. The SMILES string of the molecule is Cc1ccc([N+](=O)[O-])cc1N1CC(O)(C2CC2)C1. The van der Waals surface area contributed by atoms with Crippen molar-refractivity contribution in [1.82, 2.24) is 0 Å². The van der Waals surface area contributed by atoms with Gasteiger partial charge in [-0.2, -0.15) is 0 Å². The smallest absolute Gasteiger partial charge is 0.271 e. The number of nitrogens with zero attached hydrogens (tertiary/aromatic N) is 2. The Morgan fingerprint density at radius 1 is 1.44 bits per heavy atom. The summed E-state index contributed by atoms with van der Waals surface area (Å²) in [5.41, 5.74) is 1.43. The van der Waals surface area contributed by atoms with Gasteiger partial charge in [0.15, 0.2) is 0 Å². The highest BCUT2D eigenvalue weighted by Gasteiger charge is 2.52. The van der Waals surface area contributed by atoms with Crippen molar-refractivity contribution in [3.05, 3.63) is 33.9 Å². The number of rotatable bonds is 3. The Balaban J connectivity index is 1.81. The fraction of sp³-hybridized carbons (Fsp3) is 0.538. The average Bonchev–Trinajstić information content (AvgIpc) is 3.09. The highest BCUT2D eigenvalue weighted by Crippen LogP contribution is 2.46. The molecule has 0 aromatic heterocycles. The first-order chi connectivity index (χ1) is 8.49. The van der Waals surface area contributed by atoms with Crippen LogP contribution in [-0.4, -0.2) is 28.7 Å². The molecule has 0 bridgehead atoms. The minimum absolute atomic E-state index is 0.109. The Kier molecular flexibility index (Phi) is 2.35. The van der Waals surface area contributed by atoms with Gasteiger partial charge in [-0.15, -0.1) is 0 Å². The number of nitro benzene ring substituents is 1. The lowest BCUT2D eigenvalue weighted by Crippen LogP contribution is -2.63. The lowest BCUT2D eigenvalue weighted by atomic mass is 9.87. The first-order valence-corrected chi connectivity index (χ1v) is 6.22. The van der Waals surface area contributed by atoms with Crippen LogP contribution < -0.4 is 4.90 Å². The Morgan fingerprint density at radius 2 is 2.11 bits per heavy atom. The molecular formula is C13H16N2O3. The Bertz CT molecular complexity index is 505. The summed E-state index contributed by atoms with van der Waals surface area (Å²) in [6.45, 7) is 3.13. The number of hydrogen-bond donors (Lipinski definition) is 1. The van der Waals surface area contributed by atoms with Crippen LogP contribution in [0.3, 0.4) is 0 Å². The molecule has 2 aliphatic rings. The molecule has 0 unspecified atom stereocenters. The lowest BCUT2D eigenvalue weighted by molar-refractivity contribution is -0.384. The molecule has 5 heteroatoms. The minimum atomic E-state index is -0.558. The van der Waals surface area contributed by atoms with Crippen LogP contribution in [0.4, 0.5) is 11.4 Å². The summed E-state index contributed by atoms with van der Waals surface area (Å²) in [4.78, 5) is 12.4. The van der Waals surface area contributed by atoms with E-state index in [0.29, 0.717) is 19.0 Å². The molecule has 96 valence electrons. The standard InChI is InChI=1S/C13H16N2O3/c1-9-2-5-11(15(17)18)6-12(9)14-7-13(16,8-14)10-3-4-10/h2,5-6,10,16H,3-4,7-8H2,1H3. The van der Waals surface area contributed by atoms with E-state index in [1.165, 1.54) is 6.07 Å². The maximum atomic E-state index is 10.8. The summed E-state index contributed by atoms with van der Waals surface area (Å²) >= 11 is 0. The molecule has 1 aliphatic carbocycles. The zero-order valence-electron chi connectivity index (χ0n) is 10.3. The summed E-state index contributed by atoms with van der Waals surface area (Å²) in [6, 6.07) is 4.88. The Morgan fingerprint density at radius 3 is 2.67 bits per heavy atom. The number of aliphatic hydroxyl groups is 1. The highest BCUT2D eigenvalue weighted by molar-refractivity contribution is 5.61. The first kappa shape index (κ1) is 11.5. The monoisotopic (exact) mass is 248 g/mol. The molecule has 0 amide bonds. The van der Waals surface area contributed by atoms with E-state index in [0.717, 1.165) is 24.1 Å². The van der Waals surface area contributed by atoms with Gasteiger partial charge in [-0.3, -0.25) is 10.1 Å². The molecule has 0 atom stereocenters. The van der Waals surface area contributed by atoms with Crippen molar-refractivity contribution in [1.29, 1.82) is 0 Å². The quantitative estimate of drug-likeness (QED) is 0.655. The van der Waals surface area contributed by atoms with Gasteiger partial charge < -0.3 is 10.0 Å². The third-order valence-corrected chi connectivity index (χ3v) is 4.01. The molecule has 0 radical (unpaired) electrons. The van der Waals surface area contributed by atoms with Crippen LogP contribution in [-0.2, 0) is 0 Å². The van der Waals surface area contributed by atoms with Crippen molar-refractivity contribution < 1.29 is 10.0 Å². The van der Waals surface area contributed by atoms with Gasteiger partial charge in [0.1, 0.15) is 5.60 Å². The van der Waals surface area contributed by atoms with E-state index in [4.69, 9.17) is 0 Å². The normalized spacial score (nSPS) is 21.6. The van der Waals surface area contributed by atoms with Gasteiger partial charge in [0, 0.05) is 30.9 Å². The van der Waals surface area contributed by atoms with Gasteiger partial charge in [-0.05, 0) is 31.2 Å². The third kappa shape index (κ3) is 1.75. The van der Waals surface area contributed by atoms with E-state index in [1.54, 1.807) is 12.1 Å². The van der Waals surface area contributed by atoms with Gasteiger partial charge in [0.25, 0.3) is 5.69 Å². The number of hydrogen-bond acceptors (Lipinski definition) is 4. The summed E-state index contributed by atoms with van der Waals surface area (Å²) in [7, 11) is 0. The molecule has 2 fully saturated rings. The number of benzene rings is 1. The molecule has 1 saturated heterocycles. The molecule has 18 heavy (non-hydrogen) atoms. The van der Waals surface area contributed by atoms with Crippen molar-refractivity contribution in [3.8, 4) is 0 Å². The first-order valence-electron chi connectivity index (χ1n) is 6.22. The van der Waals surface area contributed by atoms with Crippen LogP contribution in [0.15, 0.2) is 18.2 Å². The number of β-amino-alcohol motifs (C(OH)–C–C–N with tert-alkyl or cyclic N) is 1. The summed E-state index contributed by atoms with van der Waals surface area (Å²) in [5.74, 6) is 0.438. The van der Waals surface area contributed by atoms with E-state index in [1.807, 2.05) is 11.8 Å². The maximum absolute atomic E-state index is 10.8. The van der Waals surface area contributed by atoms with Crippen molar-refractivity contribution in [2.45, 2.75) is 25.4 Å². The van der Waals surface area contributed by atoms with E-state index in [2.05, 4.69) is 0 Å². The third-order valence-electron chi connectivity index (χ3n) is 4.01. The second-order valence-corrected chi connectivity index (χ2v) is 5.46. The van der Waals surface area contributed by atoms with Crippen LogP contribution in [0.25, 0.3) is 0 Å². The van der Waals surface area contributed by atoms with Crippen LogP contribution in [0, 0.1) is 23.0 Å². The van der Waals surface area contributed by atoms with Crippen LogP contribution in [0.1, 0.15) is 18.4 Å². The molecule has 3 rings (SSSR count).